The predicted molar refractivity (Wildman–Crippen MR) is 132 cm³/mol. The minimum atomic E-state index is -4.87. The van der Waals surface area contributed by atoms with Gasteiger partial charge in [0.25, 0.3) is 0 Å². The van der Waals surface area contributed by atoms with Crippen LogP contribution in [0.2, 0.25) is 0 Å². The normalized spacial score (nSPS) is 22.4. The molecule has 1 aromatic heterocycles. The highest BCUT2D eigenvalue weighted by Gasteiger charge is 2.64. The second-order valence-corrected chi connectivity index (χ2v) is 10.5. The summed E-state index contributed by atoms with van der Waals surface area (Å²) >= 11 is 0. The summed E-state index contributed by atoms with van der Waals surface area (Å²) in [5.41, 5.74) is 0.00504. The van der Waals surface area contributed by atoms with E-state index in [1.54, 1.807) is 67.2 Å². The Bertz CT molecular complexity index is 1510. The van der Waals surface area contributed by atoms with Crippen molar-refractivity contribution in [2.24, 2.45) is 0 Å². The maximum absolute atomic E-state index is 14.5. The molecule has 2 aliphatic rings. The van der Waals surface area contributed by atoms with E-state index in [2.05, 4.69) is 10.4 Å². The molecule has 0 spiro atoms. The van der Waals surface area contributed by atoms with Gasteiger partial charge in [0.05, 0.1) is 30.0 Å². The van der Waals surface area contributed by atoms with Gasteiger partial charge in [-0.3, -0.25) is 0 Å². The number of alkyl halides is 3. The fourth-order valence-electron chi connectivity index (χ4n) is 5.99. The molecule has 6 rings (SSSR count). The van der Waals surface area contributed by atoms with Crippen LogP contribution in [0.1, 0.15) is 43.0 Å². The average Bonchev–Trinajstić information content (AvgIpc) is 3.47. The lowest BCUT2D eigenvalue weighted by Gasteiger charge is -2.49. The SMILES string of the molecule is CC1(C)CC(O)(C(F)(F)F)C(Nc2ccc3c(cnn3-c3ccc(F)cc3)c2)c2ccc3c(c21)CCO3. The predicted octanol–water partition coefficient (Wildman–Crippen LogP) is 6.23. The number of hydrogen-bond acceptors (Lipinski definition) is 4. The van der Waals surface area contributed by atoms with Crippen molar-refractivity contribution in [2.45, 2.75) is 49.9 Å². The van der Waals surface area contributed by atoms with E-state index in [0.717, 1.165) is 11.1 Å². The summed E-state index contributed by atoms with van der Waals surface area (Å²) in [5.74, 6) is 0.328. The monoisotopic (exact) mass is 511 g/mol. The van der Waals surface area contributed by atoms with Crippen molar-refractivity contribution in [1.82, 2.24) is 9.78 Å². The number of anilines is 1. The van der Waals surface area contributed by atoms with Crippen LogP contribution in [0.5, 0.6) is 5.75 Å². The summed E-state index contributed by atoms with van der Waals surface area (Å²) in [4.78, 5) is 0. The van der Waals surface area contributed by atoms with Gasteiger partial charge in [0, 0.05) is 23.1 Å². The van der Waals surface area contributed by atoms with Crippen LogP contribution >= 0.6 is 0 Å². The molecular weight excluding hydrogens is 486 g/mol. The van der Waals surface area contributed by atoms with E-state index >= 15 is 0 Å². The Morgan fingerprint density at radius 3 is 2.57 bits per heavy atom. The first-order valence-corrected chi connectivity index (χ1v) is 12.1. The lowest BCUT2D eigenvalue weighted by molar-refractivity contribution is -0.275. The molecule has 0 saturated heterocycles. The molecule has 2 atom stereocenters. The zero-order valence-corrected chi connectivity index (χ0v) is 20.2. The van der Waals surface area contributed by atoms with Crippen molar-refractivity contribution in [3.63, 3.8) is 0 Å². The van der Waals surface area contributed by atoms with Crippen molar-refractivity contribution in [2.75, 3.05) is 11.9 Å². The lowest BCUT2D eigenvalue weighted by Crippen LogP contribution is -2.58. The number of aromatic nitrogens is 2. The van der Waals surface area contributed by atoms with Crippen LogP contribution in [-0.4, -0.2) is 33.3 Å². The Kier molecular flexibility index (Phi) is 5.11. The van der Waals surface area contributed by atoms with Gasteiger partial charge in [-0.1, -0.05) is 19.9 Å². The Labute approximate surface area is 210 Å². The van der Waals surface area contributed by atoms with Gasteiger partial charge in [-0.15, -0.1) is 0 Å². The maximum Gasteiger partial charge on any atom is 0.419 e. The fraction of sp³-hybridized carbons (Fsp3) is 0.321. The van der Waals surface area contributed by atoms with Crippen molar-refractivity contribution in [3.05, 3.63) is 83.3 Å². The van der Waals surface area contributed by atoms with Crippen LogP contribution in [0, 0.1) is 5.82 Å². The van der Waals surface area contributed by atoms with Crippen LogP contribution in [0.15, 0.2) is 60.8 Å². The number of benzene rings is 3. The standard InChI is InChI=1S/C28H25F4N3O2/c1-26(2)15-27(36,28(30,31)32)25(21-8-10-23-20(24(21)26)11-12-37-23)34-18-5-9-22-16(13-18)14-33-35(22)19-6-3-17(29)4-7-19/h3-10,13-14,25,34,36H,11-12,15H2,1-2H3. The van der Waals surface area contributed by atoms with Crippen LogP contribution in [-0.2, 0) is 11.8 Å². The Morgan fingerprint density at radius 1 is 1.08 bits per heavy atom. The summed E-state index contributed by atoms with van der Waals surface area (Å²) < 4.78 is 64.2. The molecule has 0 radical (unpaired) electrons. The molecular formula is C28H25F4N3O2. The van der Waals surface area contributed by atoms with E-state index in [-0.39, 0.29) is 5.82 Å². The lowest BCUT2D eigenvalue weighted by atomic mass is 9.62. The summed E-state index contributed by atoms with van der Waals surface area (Å²) in [6.07, 6.45) is -3.14. The third kappa shape index (κ3) is 3.67. The second-order valence-electron chi connectivity index (χ2n) is 10.5. The largest absolute Gasteiger partial charge is 0.493 e. The van der Waals surface area contributed by atoms with Gasteiger partial charge in [-0.2, -0.15) is 18.3 Å². The molecule has 1 aliphatic heterocycles. The summed E-state index contributed by atoms with van der Waals surface area (Å²) in [7, 11) is 0. The first-order chi connectivity index (χ1) is 17.5. The Balaban J connectivity index is 1.44. The van der Waals surface area contributed by atoms with Gasteiger partial charge in [0.1, 0.15) is 11.6 Å². The molecule has 192 valence electrons. The maximum atomic E-state index is 14.5. The zero-order chi connectivity index (χ0) is 26.2. The number of nitrogens with one attached hydrogen (secondary N) is 1. The molecule has 0 amide bonds. The van der Waals surface area contributed by atoms with E-state index in [4.69, 9.17) is 4.74 Å². The molecule has 9 heteroatoms. The number of aliphatic hydroxyl groups is 1. The molecule has 37 heavy (non-hydrogen) atoms. The van der Waals surface area contributed by atoms with E-state index in [1.165, 1.54) is 12.1 Å². The van der Waals surface area contributed by atoms with Crippen molar-refractivity contribution in [1.29, 1.82) is 0 Å². The van der Waals surface area contributed by atoms with Crippen molar-refractivity contribution < 1.29 is 27.4 Å². The fourth-order valence-corrected chi connectivity index (χ4v) is 5.99. The van der Waals surface area contributed by atoms with Gasteiger partial charge in [-0.25, -0.2) is 9.07 Å². The first-order valence-electron chi connectivity index (χ1n) is 12.1. The molecule has 2 N–H and O–H groups in total. The average molecular weight is 512 g/mol. The van der Waals surface area contributed by atoms with E-state index in [1.807, 2.05) is 0 Å². The molecule has 0 saturated carbocycles. The van der Waals surface area contributed by atoms with Gasteiger partial charge < -0.3 is 15.2 Å². The highest BCUT2D eigenvalue weighted by molar-refractivity contribution is 5.84. The second kappa shape index (κ2) is 7.95. The minimum Gasteiger partial charge on any atom is -0.493 e. The highest BCUT2D eigenvalue weighted by atomic mass is 19.4. The number of hydrogen-bond donors (Lipinski definition) is 2. The number of ether oxygens (including phenoxy) is 1. The smallest absolute Gasteiger partial charge is 0.419 e. The molecule has 4 aromatic rings. The van der Waals surface area contributed by atoms with Crippen LogP contribution in [0.3, 0.4) is 0 Å². The topological polar surface area (TPSA) is 59.3 Å². The third-order valence-electron chi connectivity index (χ3n) is 7.53. The zero-order valence-electron chi connectivity index (χ0n) is 20.2. The van der Waals surface area contributed by atoms with Crippen LogP contribution < -0.4 is 10.1 Å². The molecule has 1 aliphatic carbocycles. The number of fused-ring (bicyclic) bond motifs is 4. The van der Waals surface area contributed by atoms with Gasteiger partial charge in [0.15, 0.2) is 5.60 Å². The number of nitrogens with zero attached hydrogens (tertiary/aromatic N) is 2. The van der Waals surface area contributed by atoms with Crippen molar-refractivity contribution in [3.8, 4) is 11.4 Å². The third-order valence-corrected chi connectivity index (χ3v) is 7.53. The van der Waals surface area contributed by atoms with E-state index in [9.17, 15) is 22.7 Å². The molecule has 5 nitrogen and oxygen atoms in total. The molecule has 0 fully saturated rings. The molecule has 2 unspecified atom stereocenters. The number of rotatable bonds is 3. The summed E-state index contributed by atoms with van der Waals surface area (Å²) in [6.45, 7) is 3.97. The summed E-state index contributed by atoms with van der Waals surface area (Å²) in [6, 6.07) is 12.9. The number of halogens is 4. The van der Waals surface area contributed by atoms with E-state index in [0.29, 0.717) is 46.6 Å². The quantitative estimate of drug-likeness (QED) is 0.320. The van der Waals surface area contributed by atoms with Gasteiger partial charge >= 0.3 is 6.18 Å². The molecule has 3 aromatic carbocycles. The van der Waals surface area contributed by atoms with Gasteiger partial charge in [0.2, 0.25) is 0 Å². The van der Waals surface area contributed by atoms with Crippen LogP contribution in [0.25, 0.3) is 16.6 Å². The highest BCUT2D eigenvalue weighted by Crippen LogP contribution is 2.56. The minimum absolute atomic E-state index is 0.364. The van der Waals surface area contributed by atoms with Crippen LogP contribution in [0.4, 0.5) is 23.2 Å². The first kappa shape index (κ1) is 23.8. The Hall–Kier alpha value is -3.59. The van der Waals surface area contributed by atoms with E-state index < -0.39 is 29.7 Å². The summed E-state index contributed by atoms with van der Waals surface area (Å²) in [5, 5.41) is 19.3. The molecule has 0 bridgehead atoms. The molecule has 2 heterocycles. The van der Waals surface area contributed by atoms with Gasteiger partial charge in [-0.05, 0) is 71.5 Å². The Morgan fingerprint density at radius 2 is 1.84 bits per heavy atom. The van der Waals surface area contributed by atoms with Crippen molar-refractivity contribution >= 4 is 16.6 Å².